The molecule has 1 aromatic heterocycles. The summed E-state index contributed by atoms with van der Waals surface area (Å²) in [6, 6.07) is 8.99. The summed E-state index contributed by atoms with van der Waals surface area (Å²) in [6.45, 7) is 3.80. The number of hydrogen-bond donors (Lipinski definition) is 1. The first-order valence-electron chi connectivity index (χ1n) is 10.0. The Morgan fingerprint density at radius 1 is 1.10 bits per heavy atom. The molecule has 1 aliphatic rings. The van der Waals surface area contributed by atoms with Gasteiger partial charge in [-0.3, -0.25) is 14.4 Å². The van der Waals surface area contributed by atoms with Gasteiger partial charge in [0.2, 0.25) is 21.8 Å². The van der Waals surface area contributed by atoms with Crippen molar-refractivity contribution in [1.29, 1.82) is 0 Å². The quantitative estimate of drug-likeness (QED) is 0.656. The standard InChI is InChI=1S/C21H26N4O5S/c1-3-24(4-2)31(29,30)17-9-10-19(26)23(13-17)14-20(27)25-12-16-8-6-5-7-15(16)11-18(25)21(22)28/h5-10,13,18H,3-4,11-12,14H2,1-2H3,(H2,22,28)/t18-/m0/s1. The highest BCUT2D eigenvalue weighted by Crippen LogP contribution is 2.23. The molecule has 0 bridgehead atoms. The van der Waals surface area contributed by atoms with Crippen LogP contribution in [0, 0.1) is 0 Å². The molecule has 9 nitrogen and oxygen atoms in total. The zero-order chi connectivity index (χ0) is 22.8. The maximum Gasteiger partial charge on any atom is 0.251 e. The van der Waals surface area contributed by atoms with Crippen LogP contribution in [0.3, 0.4) is 0 Å². The lowest BCUT2D eigenvalue weighted by atomic mass is 9.93. The van der Waals surface area contributed by atoms with E-state index in [0.29, 0.717) is 6.42 Å². The van der Waals surface area contributed by atoms with E-state index in [1.165, 1.54) is 21.5 Å². The fraction of sp³-hybridized carbons (Fsp3) is 0.381. The van der Waals surface area contributed by atoms with E-state index in [2.05, 4.69) is 0 Å². The fourth-order valence-electron chi connectivity index (χ4n) is 3.77. The Kier molecular flexibility index (Phi) is 6.61. The number of benzene rings is 1. The number of fused-ring (bicyclic) bond motifs is 1. The second-order valence-corrected chi connectivity index (χ2v) is 9.27. The van der Waals surface area contributed by atoms with Crippen molar-refractivity contribution in [1.82, 2.24) is 13.8 Å². The number of carbonyl (C=O) groups excluding carboxylic acids is 2. The molecule has 1 aliphatic heterocycles. The molecule has 31 heavy (non-hydrogen) atoms. The Morgan fingerprint density at radius 3 is 2.35 bits per heavy atom. The third-order valence-corrected chi connectivity index (χ3v) is 7.54. The Labute approximate surface area is 181 Å². The summed E-state index contributed by atoms with van der Waals surface area (Å²) in [5, 5.41) is 0. The van der Waals surface area contributed by atoms with Gasteiger partial charge in [-0.05, 0) is 17.2 Å². The van der Waals surface area contributed by atoms with E-state index in [0.717, 1.165) is 21.8 Å². The fourth-order valence-corrected chi connectivity index (χ4v) is 5.25. The van der Waals surface area contributed by atoms with E-state index in [1.807, 2.05) is 24.3 Å². The van der Waals surface area contributed by atoms with E-state index in [-0.39, 0.29) is 24.5 Å². The van der Waals surface area contributed by atoms with Crippen molar-refractivity contribution in [2.45, 2.75) is 44.3 Å². The smallest absolute Gasteiger partial charge is 0.251 e. The minimum atomic E-state index is -3.79. The van der Waals surface area contributed by atoms with Crippen LogP contribution in [0.2, 0.25) is 0 Å². The Bertz CT molecular complexity index is 1150. The number of pyridine rings is 1. The zero-order valence-corrected chi connectivity index (χ0v) is 18.3. The van der Waals surface area contributed by atoms with Crippen LogP contribution in [0.5, 0.6) is 0 Å². The van der Waals surface area contributed by atoms with Crippen LogP contribution in [0.1, 0.15) is 25.0 Å². The Morgan fingerprint density at radius 2 is 1.74 bits per heavy atom. The summed E-state index contributed by atoms with van der Waals surface area (Å²) in [7, 11) is -3.79. The third kappa shape index (κ3) is 4.54. The van der Waals surface area contributed by atoms with E-state index >= 15 is 0 Å². The summed E-state index contributed by atoms with van der Waals surface area (Å²) in [5.41, 5.74) is 6.87. The van der Waals surface area contributed by atoms with Crippen LogP contribution in [0.4, 0.5) is 0 Å². The molecule has 0 fully saturated rings. The second kappa shape index (κ2) is 9.03. The predicted molar refractivity (Wildman–Crippen MR) is 114 cm³/mol. The summed E-state index contributed by atoms with van der Waals surface area (Å²) in [6.07, 6.45) is 1.47. The van der Waals surface area contributed by atoms with Gasteiger partial charge in [0, 0.05) is 38.3 Å². The van der Waals surface area contributed by atoms with E-state index in [9.17, 15) is 22.8 Å². The van der Waals surface area contributed by atoms with Crippen molar-refractivity contribution in [3.8, 4) is 0 Å². The summed E-state index contributed by atoms with van der Waals surface area (Å²) >= 11 is 0. The molecule has 0 unspecified atom stereocenters. The number of carbonyl (C=O) groups is 2. The SMILES string of the molecule is CCN(CC)S(=O)(=O)c1ccc(=O)n(CC(=O)N2Cc3ccccc3C[C@H]2C(N)=O)c1. The van der Waals surface area contributed by atoms with Gasteiger partial charge in [0.15, 0.2) is 0 Å². The lowest BCUT2D eigenvalue weighted by Crippen LogP contribution is -2.52. The molecule has 10 heteroatoms. The molecule has 0 saturated carbocycles. The molecular formula is C21H26N4O5S. The van der Waals surface area contributed by atoms with E-state index in [1.54, 1.807) is 13.8 Å². The molecule has 0 saturated heterocycles. The highest BCUT2D eigenvalue weighted by molar-refractivity contribution is 7.89. The average molecular weight is 447 g/mol. The highest BCUT2D eigenvalue weighted by atomic mass is 32.2. The first-order valence-corrected chi connectivity index (χ1v) is 11.5. The van der Waals surface area contributed by atoms with Gasteiger partial charge in [-0.25, -0.2) is 8.42 Å². The topological polar surface area (TPSA) is 123 Å². The van der Waals surface area contributed by atoms with Crippen LogP contribution in [0.15, 0.2) is 52.3 Å². The number of nitrogens with zero attached hydrogens (tertiary/aromatic N) is 3. The molecule has 166 valence electrons. The van der Waals surface area contributed by atoms with E-state index in [4.69, 9.17) is 5.73 Å². The van der Waals surface area contributed by atoms with Crippen LogP contribution in [0.25, 0.3) is 0 Å². The largest absolute Gasteiger partial charge is 0.368 e. The molecule has 0 radical (unpaired) electrons. The van der Waals surface area contributed by atoms with Gasteiger partial charge in [0.25, 0.3) is 5.56 Å². The van der Waals surface area contributed by atoms with Crippen LogP contribution in [-0.2, 0) is 39.1 Å². The molecule has 2 amide bonds. The monoisotopic (exact) mass is 446 g/mol. The molecule has 1 aromatic carbocycles. The van der Waals surface area contributed by atoms with Crippen LogP contribution in [-0.4, -0.2) is 53.1 Å². The number of aromatic nitrogens is 1. The molecular weight excluding hydrogens is 420 g/mol. The summed E-state index contributed by atoms with van der Waals surface area (Å²) < 4.78 is 27.9. The van der Waals surface area contributed by atoms with Gasteiger partial charge < -0.3 is 15.2 Å². The molecule has 1 atom stereocenters. The number of amides is 2. The van der Waals surface area contributed by atoms with Crippen molar-refractivity contribution >= 4 is 21.8 Å². The molecule has 2 heterocycles. The van der Waals surface area contributed by atoms with Crippen molar-refractivity contribution in [3.05, 3.63) is 64.1 Å². The lowest BCUT2D eigenvalue weighted by Gasteiger charge is -2.35. The first-order chi connectivity index (χ1) is 14.7. The Balaban J connectivity index is 1.91. The minimum Gasteiger partial charge on any atom is -0.368 e. The predicted octanol–water partition coefficient (Wildman–Crippen LogP) is 0.318. The van der Waals surface area contributed by atoms with Crippen LogP contribution < -0.4 is 11.3 Å². The van der Waals surface area contributed by atoms with Gasteiger partial charge in [0.1, 0.15) is 12.6 Å². The second-order valence-electron chi connectivity index (χ2n) is 7.33. The number of primary amides is 1. The molecule has 2 N–H and O–H groups in total. The molecule has 3 rings (SSSR count). The maximum atomic E-state index is 13.1. The van der Waals surface area contributed by atoms with Crippen molar-refractivity contribution in [2.24, 2.45) is 5.73 Å². The normalized spacial score (nSPS) is 16.2. The number of hydrogen-bond acceptors (Lipinski definition) is 5. The highest BCUT2D eigenvalue weighted by Gasteiger charge is 2.33. The van der Waals surface area contributed by atoms with Crippen molar-refractivity contribution in [3.63, 3.8) is 0 Å². The van der Waals surface area contributed by atoms with Gasteiger partial charge in [0.05, 0.1) is 4.90 Å². The van der Waals surface area contributed by atoms with Gasteiger partial charge in [-0.1, -0.05) is 38.1 Å². The first kappa shape index (κ1) is 22.7. The van der Waals surface area contributed by atoms with Crippen molar-refractivity contribution < 1.29 is 18.0 Å². The minimum absolute atomic E-state index is 0.0703. The Hall–Kier alpha value is -2.98. The van der Waals surface area contributed by atoms with E-state index < -0.39 is 40.0 Å². The maximum absolute atomic E-state index is 13.1. The zero-order valence-electron chi connectivity index (χ0n) is 17.5. The molecule has 2 aromatic rings. The summed E-state index contributed by atoms with van der Waals surface area (Å²) in [5.74, 6) is -1.12. The van der Waals surface area contributed by atoms with Gasteiger partial charge >= 0.3 is 0 Å². The molecule has 0 spiro atoms. The third-order valence-electron chi connectivity index (χ3n) is 5.50. The van der Waals surface area contributed by atoms with Gasteiger partial charge in [-0.15, -0.1) is 0 Å². The van der Waals surface area contributed by atoms with Gasteiger partial charge in [-0.2, -0.15) is 4.31 Å². The van der Waals surface area contributed by atoms with Crippen LogP contribution >= 0.6 is 0 Å². The number of rotatable bonds is 7. The summed E-state index contributed by atoms with van der Waals surface area (Å²) in [4.78, 5) is 38.7. The number of nitrogens with two attached hydrogens (primary N) is 1. The van der Waals surface area contributed by atoms with Crippen molar-refractivity contribution in [2.75, 3.05) is 13.1 Å². The average Bonchev–Trinajstić information content (AvgIpc) is 2.74. The lowest BCUT2D eigenvalue weighted by molar-refractivity contribution is -0.141. The molecule has 0 aliphatic carbocycles. The number of sulfonamides is 1.